The Balaban J connectivity index is 1.41. The van der Waals surface area contributed by atoms with Crippen LogP contribution >= 0.6 is 11.3 Å². The monoisotopic (exact) mass is 560 g/mol. The lowest BCUT2D eigenvalue weighted by Gasteiger charge is -2.37. The maximum absolute atomic E-state index is 12.7. The SMILES string of the molecule is N[C@@H]1C[C@H](N)CN(c2nc(Nc3ccc(S(=O)(=O)Nc4nccs4)cc3)nc(N3C[C@H](N)C[C@H](N)C3)n2)C1. The van der Waals surface area contributed by atoms with Crippen LogP contribution in [0.2, 0.25) is 0 Å². The minimum atomic E-state index is -3.77. The molecule has 4 atom stereocenters. The van der Waals surface area contributed by atoms with Gasteiger partial charge >= 0.3 is 0 Å². The molecule has 0 amide bonds. The summed E-state index contributed by atoms with van der Waals surface area (Å²) in [6.45, 7) is 2.26. The van der Waals surface area contributed by atoms with E-state index in [2.05, 4.69) is 25.0 Å². The quantitative estimate of drug-likeness (QED) is 0.217. The van der Waals surface area contributed by atoms with Gasteiger partial charge in [0, 0.05) is 67.6 Å². The van der Waals surface area contributed by atoms with Crippen molar-refractivity contribution in [1.82, 2.24) is 19.9 Å². The highest BCUT2D eigenvalue weighted by molar-refractivity contribution is 7.93. The van der Waals surface area contributed by atoms with Crippen LogP contribution in [-0.4, -0.2) is 78.7 Å². The van der Waals surface area contributed by atoms with Crippen LogP contribution in [0.5, 0.6) is 0 Å². The molecule has 3 aromatic rings. The fraction of sp³-hybridized carbons (Fsp3) is 0.455. The first-order chi connectivity index (χ1) is 18.1. The Labute approximate surface area is 224 Å². The van der Waals surface area contributed by atoms with E-state index in [1.54, 1.807) is 17.5 Å². The molecule has 14 nitrogen and oxygen atoms in total. The molecule has 16 heteroatoms. The molecule has 2 aromatic heterocycles. The van der Waals surface area contributed by atoms with Gasteiger partial charge in [-0.05, 0) is 37.1 Å². The first kappa shape index (κ1) is 26.5. The van der Waals surface area contributed by atoms with Crippen molar-refractivity contribution >= 4 is 50.0 Å². The van der Waals surface area contributed by atoms with Crippen LogP contribution < -0.4 is 42.8 Å². The van der Waals surface area contributed by atoms with Gasteiger partial charge in [0.15, 0.2) is 5.13 Å². The molecular formula is C22H32N12O2S2. The summed E-state index contributed by atoms with van der Waals surface area (Å²) in [4.78, 5) is 22.0. The van der Waals surface area contributed by atoms with Gasteiger partial charge in [-0.15, -0.1) is 11.3 Å². The molecule has 2 fully saturated rings. The minimum absolute atomic E-state index is 0.0975. The molecule has 0 radical (unpaired) electrons. The lowest BCUT2D eigenvalue weighted by Crippen LogP contribution is -2.54. The zero-order valence-electron chi connectivity index (χ0n) is 20.6. The lowest BCUT2D eigenvalue weighted by molar-refractivity contribution is 0.441. The highest BCUT2D eigenvalue weighted by Gasteiger charge is 2.29. The Kier molecular flexibility index (Phi) is 7.60. The van der Waals surface area contributed by atoms with Crippen molar-refractivity contribution in [1.29, 1.82) is 0 Å². The van der Waals surface area contributed by atoms with Crippen LogP contribution in [0.15, 0.2) is 40.7 Å². The normalized spacial score (nSPS) is 24.3. The Morgan fingerprint density at radius 3 is 1.82 bits per heavy atom. The second-order valence-electron chi connectivity index (χ2n) is 9.67. The van der Waals surface area contributed by atoms with Crippen molar-refractivity contribution in [2.45, 2.75) is 41.9 Å². The molecular weight excluding hydrogens is 528 g/mol. The van der Waals surface area contributed by atoms with Gasteiger partial charge in [0.05, 0.1) is 4.90 Å². The van der Waals surface area contributed by atoms with E-state index in [-0.39, 0.29) is 29.1 Å². The number of nitrogens with zero attached hydrogens (tertiary/aromatic N) is 6. The molecule has 0 aliphatic carbocycles. The van der Waals surface area contributed by atoms with Crippen LogP contribution in [-0.2, 0) is 10.0 Å². The average molecular weight is 561 g/mol. The summed E-state index contributed by atoms with van der Waals surface area (Å²) in [5.74, 6) is 1.19. The predicted octanol–water partition coefficient (Wildman–Crippen LogP) is -0.398. The number of aromatic nitrogens is 4. The third kappa shape index (κ3) is 6.28. The smallest absolute Gasteiger partial charge is 0.263 e. The second kappa shape index (κ2) is 10.9. The molecule has 4 heterocycles. The van der Waals surface area contributed by atoms with E-state index in [9.17, 15) is 8.42 Å². The third-order valence-electron chi connectivity index (χ3n) is 6.28. The van der Waals surface area contributed by atoms with E-state index in [1.165, 1.54) is 29.7 Å². The summed E-state index contributed by atoms with van der Waals surface area (Å²) < 4.78 is 27.8. The second-order valence-corrected chi connectivity index (χ2v) is 12.2. The molecule has 1 aromatic carbocycles. The molecule has 0 bridgehead atoms. The molecule has 204 valence electrons. The van der Waals surface area contributed by atoms with Crippen LogP contribution in [0, 0.1) is 0 Å². The fourth-order valence-electron chi connectivity index (χ4n) is 4.67. The number of nitrogens with one attached hydrogen (secondary N) is 2. The third-order valence-corrected chi connectivity index (χ3v) is 8.46. The molecule has 0 spiro atoms. The van der Waals surface area contributed by atoms with Gasteiger partial charge in [0.1, 0.15) is 0 Å². The fourth-order valence-corrected chi connectivity index (χ4v) is 6.46. The van der Waals surface area contributed by atoms with Crippen molar-refractivity contribution in [2.24, 2.45) is 22.9 Å². The molecule has 5 rings (SSSR count). The van der Waals surface area contributed by atoms with E-state index in [0.29, 0.717) is 54.8 Å². The summed E-state index contributed by atoms with van der Waals surface area (Å²) in [7, 11) is -3.77. The number of anilines is 5. The maximum Gasteiger partial charge on any atom is 0.263 e. The van der Waals surface area contributed by atoms with Gasteiger partial charge in [-0.25, -0.2) is 13.4 Å². The topological polar surface area (TPSA) is 220 Å². The Hall–Kier alpha value is -3.15. The Morgan fingerprint density at radius 2 is 1.34 bits per heavy atom. The number of piperidine rings is 2. The lowest BCUT2D eigenvalue weighted by atomic mass is 10.0. The van der Waals surface area contributed by atoms with E-state index in [1.807, 2.05) is 9.80 Å². The van der Waals surface area contributed by atoms with Crippen molar-refractivity contribution in [3.63, 3.8) is 0 Å². The largest absolute Gasteiger partial charge is 0.338 e. The first-order valence-electron chi connectivity index (χ1n) is 12.2. The van der Waals surface area contributed by atoms with Crippen LogP contribution in [0.3, 0.4) is 0 Å². The summed E-state index contributed by atoms with van der Waals surface area (Å²) in [5.41, 5.74) is 25.5. The number of hydrogen-bond acceptors (Lipinski definition) is 14. The van der Waals surface area contributed by atoms with Crippen molar-refractivity contribution in [3.8, 4) is 0 Å². The summed E-state index contributed by atoms with van der Waals surface area (Å²) >= 11 is 1.20. The Morgan fingerprint density at radius 1 is 0.816 bits per heavy atom. The van der Waals surface area contributed by atoms with Crippen LogP contribution in [0.25, 0.3) is 0 Å². The van der Waals surface area contributed by atoms with E-state index in [4.69, 9.17) is 27.9 Å². The van der Waals surface area contributed by atoms with Gasteiger partial charge in [-0.2, -0.15) is 15.0 Å². The Bertz CT molecular complexity index is 1270. The standard InChI is InChI=1S/C22H32N12O2S2/c23-13-7-14(24)10-33(9-13)20-29-19(30-21(31-20)34-11-15(25)8-16(26)12-34)28-17-1-3-18(4-2-17)38(35,36)32-22-27-5-6-37-22/h1-6,13-16H,7-12,23-26H2,(H,27,32)(H,28,29,30,31)/t13-,14+,15-,16+. The number of thiazole rings is 1. The van der Waals surface area contributed by atoms with Crippen LogP contribution in [0.1, 0.15) is 12.8 Å². The van der Waals surface area contributed by atoms with E-state index in [0.717, 1.165) is 12.8 Å². The van der Waals surface area contributed by atoms with Gasteiger partial charge in [0.25, 0.3) is 10.0 Å². The number of nitrogens with two attached hydrogens (primary N) is 4. The minimum Gasteiger partial charge on any atom is -0.338 e. The summed E-state index contributed by atoms with van der Waals surface area (Å²) in [6, 6.07) is 5.87. The zero-order valence-corrected chi connectivity index (χ0v) is 22.3. The number of rotatable bonds is 7. The molecule has 0 saturated carbocycles. The van der Waals surface area contributed by atoms with E-state index >= 15 is 0 Å². The van der Waals surface area contributed by atoms with Crippen LogP contribution in [0.4, 0.5) is 28.7 Å². The van der Waals surface area contributed by atoms with Crippen molar-refractivity contribution < 1.29 is 8.42 Å². The molecule has 10 N–H and O–H groups in total. The predicted molar refractivity (Wildman–Crippen MR) is 148 cm³/mol. The molecule has 2 aliphatic rings. The number of benzene rings is 1. The van der Waals surface area contributed by atoms with Crippen molar-refractivity contribution in [2.75, 3.05) is 46.0 Å². The maximum atomic E-state index is 12.7. The highest BCUT2D eigenvalue weighted by atomic mass is 32.2. The summed E-state index contributed by atoms with van der Waals surface area (Å²) in [5, 5.41) is 5.16. The molecule has 2 saturated heterocycles. The van der Waals surface area contributed by atoms with Gasteiger partial charge in [0.2, 0.25) is 17.8 Å². The molecule has 38 heavy (non-hydrogen) atoms. The highest BCUT2D eigenvalue weighted by Crippen LogP contribution is 2.25. The first-order valence-corrected chi connectivity index (χ1v) is 14.6. The summed E-state index contributed by atoms with van der Waals surface area (Å²) in [6.07, 6.45) is 2.98. The molecule has 0 unspecified atom stereocenters. The average Bonchev–Trinajstić information content (AvgIpc) is 3.35. The van der Waals surface area contributed by atoms with Gasteiger partial charge in [-0.3, -0.25) is 4.72 Å². The van der Waals surface area contributed by atoms with Crippen molar-refractivity contribution in [3.05, 3.63) is 35.8 Å². The number of hydrogen-bond donors (Lipinski definition) is 6. The van der Waals surface area contributed by atoms with Gasteiger partial charge < -0.3 is 38.1 Å². The molecule has 2 aliphatic heterocycles. The van der Waals surface area contributed by atoms with E-state index < -0.39 is 10.0 Å². The zero-order chi connectivity index (χ0) is 26.9. The number of sulfonamides is 1. The van der Waals surface area contributed by atoms with Gasteiger partial charge in [-0.1, -0.05) is 0 Å².